The van der Waals surface area contributed by atoms with Crippen LogP contribution in [0.15, 0.2) is 12.1 Å². The average molecular weight is 281 g/mol. The Hall–Kier alpha value is 0.200. The van der Waals surface area contributed by atoms with Gasteiger partial charge in [-0.3, -0.25) is 4.90 Å². The molecule has 0 spiro atoms. The number of halogens is 2. The lowest BCUT2D eigenvalue weighted by Crippen LogP contribution is -2.38. The number of hydrogen-bond acceptors (Lipinski definition) is 3. The van der Waals surface area contributed by atoms with E-state index in [9.17, 15) is 0 Å². The molecule has 92 valence electrons. The lowest BCUT2D eigenvalue weighted by atomic mass is 10.1. The molecule has 1 atom stereocenters. The minimum Gasteiger partial charge on any atom is -0.329 e. The maximum atomic E-state index is 5.91. The summed E-state index contributed by atoms with van der Waals surface area (Å²) in [4.78, 5) is 3.68. The van der Waals surface area contributed by atoms with Crippen molar-refractivity contribution in [2.45, 2.75) is 25.4 Å². The Morgan fingerprint density at radius 2 is 2.25 bits per heavy atom. The lowest BCUT2D eigenvalue weighted by Gasteiger charge is -2.26. The number of nitrogens with two attached hydrogens (primary N) is 1. The van der Waals surface area contributed by atoms with Crippen molar-refractivity contribution in [3.63, 3.8) is 0 Å². The first-order valence-electron chi connectivity index (χ1n) is 5.35. The minimum atomic E-state index is 0. The third-order valence-electron chi connectivity index (χ3n) is 3.01. The molecule has 0 aliphatic heterocycles. The topological polar surface area (TPSA) is 29.3 Å². The van der Waals surface area contributed by atoms with Gasteiger partial charge in [0.15, 0.2) is 0 Å². The molecule has 1 aromatic rings. The van der Waals surface area contributed by atoms with Gasteiger partial charge in [0.25, 0.3) is 0 Å². The molecule has 1 saturated carbocycles. The largest absolute Gasteiger partial charge is 0.329 e. The van der Waals surface area contributed by atoms with Crippen LogP contribution in [-0.4, -0.2) is 24.5 Å². The highest BCUT2D eigenvalue weighted by atomic mass is 35.5. The molecule has 1 aliphatic carbocycles. The summed E-state index contributed by atoms with van der Waals surface area (Å²) in [5.41, 5.74) is 5.81. The number of rotatable bonds is 5. The van der Waals surface area contributed by atoms with E-state index in [0.717, 1.165) is 23.3 Å². The first-order chi connectivity index (χ1) is 7.20. The summed E-state index contributed by atoms with van der Waals surface area (Å²) in [7, 11) is 2.16. The maximum Gasteiger partial charge on any atom is 0.0931 e. The van der Waals surface area contributed by atoms with Crippen LogP contribution < -0.4 is 5.73 Å². The fraction of sp³-hybridized carbons (Fsp3) is 0.636. The Morgan fingerprint density at radius 1 is 1.56 bits per heavy atom. The molecular formula is C11H18Cl2N2S. The van der Waals surface area contributed by atoms with E-state index < -0.39 is 0 Å². The van der Waals surface area contributed by atoms with Gasteiger partial charge in [-0.1, -0.05) is 11.6 Å². The Kier molecular flexibility index (Phi) is 5.54. The SMILES string of the molecule is CN(Cc1ccc(Cl)s1)C(CN)C1CC1.Cl. The van der Waals surface area contributed by atoms with Gasteiger partial charge in [-0.15, -0.1) is 23.7 Å². The molecule has 1 unspecified atom stereocenters. The smallest absolute Gasteiger partial charge is 0.0931 e. The molecule has 0 amide bonds. The van der Waals surface area contributed by atoms with Gasteiger partial charge >= 0.3 is 0 Å². The number of thiophene rings is 1. The van der Waals surface area contributed by atoms with Crippen LogP contribution in [0.3, 0.4) is 0 Å². The molecule has 2 nitrogen and oxygen atoms in total. The van der Waals surface area contributed by atoms with Crippen molar-refractivity contribution < 1.29 is 0 Å². The first kappa shape index (κ1) is 14.3. The second-order valence-corrected chi connectivity index (χ2v) is 6.06. The predicted octanol–water partition coefficient (Wildman–Crippen LogP) is 2.99. The van der Waals surface area contributed by atoms with E-state index in [1.54, 1.807) is 11.3 Å². The van der Waals surface area contributed by atoms with Crippen molar-refractivity contribution in [1.82, 2.24) is 4.90 Å². The Balaban J connectivity index is 0.00000128. The average Bonchev–Trinajstić information content (AvgIpc) is 2.93. The lowest BCUT2D eigenvalue weighted by molar-refractivity contribution is 0.217. The van der Waals surface area contributed by atoms with Gasteiger partial charge < -0.3 is 5.73 Å². The second kappa shape index (κ2) is 6.22. The van der Waals surface area contributed by atoms with Crippen LogP contribution in [0.4, 0.5) is 0 Å². The second-order valence-electron chi connectivity index (χ2n) is 4.26. The van der Waals surface area contributed by atoms with E-state index in [4.69, 9.17) is 17.3 Å². The minimum absolute atomic E-state index is 0. The third-order valence-corrected chi connectivity index (χ3v) is 4.22. The van der Waals surface area contributed by atoms with E-state index in [0.29, 0.717) is 6.04 Å². The molecule has 1 aliphatic rings. The van der Waals surface area contributed by atoms with E-state index in [1.807, 2.05) is 6.07 Å². The van der Waals surface area contributed by atoms with E-state index in [2.05, 4.69) is 18.0 Å². The number of likely N-dealkylation sites (N-methyl/N-ethyl adjacent to an activating group) is 1. The zero-order chi connectivity index (χ0) is 10.8. The van der Waals surface area contributed by atoms with Crippen LogP contribution in [0, 0.1) is 5.92 Å². The highest BCUT2D eigenvalue weighted by Gasteiger charge is 2.32. The summed E-state index contributed by atoms with van der Waals surface area (Å²) < 4.78 is 0.870. The number of hydrogen-bond donors (Lipinski definition) is 1. The summed E-state index contributed by atoms with van der Waals surface area (Å²) in [5.74, 6) is 0.829. The molecule has 0 bridgehead atoms. The van der Waals surface area contributed by atoms with Crippen molar-refractivity contribution >= 4 is 35.3 Å². The van der Waals surface area contributed by atoms with Crippen molar-refractivity contribution in [2.75, 3.05) is 13.6 Å². The first-order valence-corrected chi connectivity index (χ1v) is 6.54. The van der Waals surface area contributed by atoms with E-state index in [1.165, 1.54) is 17.7 Å². The van der Waals surface area contributed by atoms with Crippen LogP contribution in [0.1, 0.15) is 17.7 Å². The fourth-order valence-corrected chi connectivity index (χ4v) is 3.16. The van der Waals surface area contributed by atoms with Gasteiger partial charge in [-0.05, 0) is 37.9 Å². The van der Waals surface area contributed by atoms with Crippen LogP contribution in [0.25, 0.3) is 0 Å². The Morgan fingerprint density at radius 3 is 2.69 bits per heavy atom. The zero-order valence-corrected chi connectivity index (χ0v) is 11.7. The molecule has 1 aromatic heterocycles. The molecule has 0 radical (unpaired) electrons. The van der Waals surface area contributed by atoms with Crippen molar-refractivity contribution in [1.29, 1.82) is 0 Å². The Bertz CT molecular complexity index is 326. The van der Waals surface area contributed by atoms with Crippen molar-refractivity contribution in [2.24, 2.45) is 11.7 Å². The highest BCUT2D eigenvalue weighted by molar-refractivity contribution is 7.16. The molecule has 5 heteroatoms. The molecule has 0 saturated heterocycles. The highest BCUT2D eigenvalue weighted by Crippen LogP contribution is 2.35. The van der Waals surface area contributed by atoms with Crippen LogP contribution in [0.5, 0.6) is 0 Å². The molecule has 1 fully saturated rings. The van der Waals surface area contributed by atoms with E-state index >= 15 is 0 Å². The summed E-state index contributed by atoms with van der Waals surface area (Å²) in [5, 5.41) is 0. The van der Waals surface area contributed by atoms with E-state index in [-0.39, 0.29) is 12.4 Å². The molecular weight excluding hydrogens is 263 g/mol. The molecule has 2 rings (SSSR count). The molecule has 16 heavy (non-hydrogen) atoms. The summed E-state index contributed by atoms with van der Waals surface area (Å²) in [6.07, 6.45) is 2.69. The summed E-state index contributed by atoms with van der Waals surface area (Å²) in [6, 6.07) is 4.61. The van der Waals surface area contributed by atoms with Gasteiger partial charge in [0.2, 0.25) is 0 Å². The Labute approximate surface area is 112 Å². The van der Waals surface area contributed by atoms with Gasteiger partial charge in [0.05, 0.1) is 4.34 Å². The normalized spacial score (nSPS) is 17.2. The van der Waals surface area contributed by atoms with Gasteiger partial charge in [0.1, 0.15) is 0 Å². The third kappa shape index (κ3) is 3.60. The van der Waals surface area contributed by atoms with Crippen molar-refractivity contribution in [3.8, 4) is 0 Å². The monoisotopic (exact) mass is 280 g/mol. The van der Waals surface area contributed by atoms with Crippen LogP contribution in [0.2, 0.25) is 4.34 Å². The predicted molar refractivity (Wildman–Crippen MR) is 73.6 cm³/mol. The van der Waals surface area contributed by atoms with Gasteiger partial charge in [-0.25, -0.2) is 0 Å². The quantitative estimate of drug-likeness (QED) is 0.899. The van der Waals surface area contributed by atoms with Gasteiger partial charge in [0, 0.05) is 24.0 Å². The summed E-state index contributed by atoms with van der Waals surface area (Å²) >= 11 is 7.57. The molecule has 0 aromatic carbocycles. The van der Waals surface area contributed by atoms with Crippen molar-refractivity contribution in [3.05, 3.63) is 21.3 Å². The van der Waals surface area contributed by atoms with Crippen LogP contribution in [-0.2, 0) is 6.54 Å². The van der Waals surface area contributed by atoms with Gasteiger partial charge in [-0.2, -0.15) is 0 Å². The summed E-state index contributed by atoms with van der Waals surface area (Å²) in [6.45, 7) is 1.73. The van der Waals surface area contributed by atoms with Crippen LogP contribution >= 0.6 is 35.3 Å². The molecule has 1 heterocycles. The zero-order valence-electron chi connectivity index (χ0n) is 9.36. The maximum absolute atomic E-state index is 5.91. The molecule has 2 N–H and O–H groups in total. The number of nitrogens with zero attached hydrogens (tertiary/aromatic N) is 1. The fourth-order valence-electron chi connectivity index (χ4n) is 2.01. The standard InChI is InChI=1S/C11H17ClN2S.ClH/c1-14(10(6-13)8-2-3-8)7-9-4-5-11(12)15-9;/h4-5,8,10H,2-3,6-7,13H2,1H3;1H.